The molecule has 0 fully saturated rings. The van der Waals surface area contributed by atoms with Gasteiger partial charge in [0, 0.05) is 17.5 Å². The van der Waals surface area contributed by atoms with Crippen LogP contribution < -0.4 is 0 Å². The fraction of sp³-hybridized carbons (Fsp3) is 0.500. The van der Waals surface area contributed by atoms with E-state index in [1.165, 1.54) is 12.1 Å². The molecule has 94 valence electrons. The highest BCUT2D eigenvalue weighted by Gasteiger charge is 2.16. The van der Waals surface area contributed by atoms with Gasteiger partial charge in [0.1, 0.15) is 11.5 Å². The minimum Gasteiger partial charge on any atom is -0.508 e. The van der Waals surface area contributed by atoms with E-state index in [4.69, 9.17) is 0 Å². The molecule has 0 aliphatic heterocycles. The standard InChI is InChI=1S/C14H20O3/c1-9-12(16)7-10(8-13(9)17)11(15)5-6-14(2,3)4/h7-8,16-17H,5-6H2,1-4H3. The van der Waals surface area contributed by atoms with Crippen molar-refractivity contribution in [3.63, 3.8) is 0 Å². The number of Topliss-reactive ketones (excluding diaryl/α,β-unsaturated/α-hetero) is 1. The van der Waals surface area contributed by atoms with Gasteiger partial charge in [-0.25, -0.2) is 0 Å². The molecule has 0 aliphatic carbocycles. The largest absolute Gasteiger partial charge is 0.508 e. The number of hydrogen-bond acceptors (Lipinski definition) is 3. The average molecular weight is 236 g/mol. The van der Waals surface area contributed by atoms with Crippen LogP contribution in [0.4, 0.5) is 0 Å². The first kappa shape index (κ1) is 13.6. The van der Waals surface area contributed by atoms with Gasteiger partial charge in [0.05, 0.1) is 0 Å². The van der Waals surface area contributed by atoms with Crippen LogP contribution in [-0.2, 0) is 0 Å². The smallest absolute Gasteiger partial charge is 0.163 e. The van der Waals surface area contributed by atoms with Crippen molar-refractivity contribution in [2.45, 2.75) is 40.5 Å². The third-order valence-electron chi connectivity index (χ3n) is 2.78. The Bertz CT molecular complexity index is 405. The van der Waals surface area contributed by atoms with Gasteiger partial charge in [0.25, 0.3) is 0 Å². The summed E-state index contributed by atoms with van der Waals surface area (Å²) in [5.74, 6) is -0.126. The lowest BCUT2D eigenvalue weighted by Gasteiger charge is -2.17. The summed E-state index contributed by atoms with van der Waals surface area (Å²) in [5.41, 5.74) is 0.872. The number of carbonyl (C=O) groups excluding carboxylic acids is 1. The summed E-state index contributed by atoms with van der Waals surface area (Å²) in [5, 5.41) is 19.1. The normalized spacial score (nSPS) is 11.5. The molecule has 1 aromatic carbocycles. The molecule has 17 heavy (non-hydrogen) atoms. The zero-order valence-electron chi connectivity index (χ0n) is 10.9. The van der Waals surface area contributed by atoms with E-state index in [0.29, 0.717) is 17.5 Å². The molecule has 0 bridgehead atoms. The summed E-state index contributed by atoms with van der Waals surface area (Å²) in [6.45, 7) is 7.83. The maximum absolute atomic E-state index is 11.9. The molecule has 2 N–H and O–H groups in total. The summed E-state index contributed by atoms with van der Waals surface area (Å²) >= 11 is 0. The van der Waals surface area contributed by atoms with E-state index in [1.54, 1.807) is 6.92 Å². The molecule has 0 aromatic heterocycles. The van der Waals surface area contributed by atoms with Gasteiger partial charge in [-0.2, -0.15) is 0 Å². The molecule has 1 rings (SSSR count). The van der Waals surface area contributed by atoms with E-state index in [0.717, 1.165) is 6.42 Å². The van der Waals surface area contributed by atoms with Crippen LogP contribution in [-0.4, -0.2) is 16.0 Å². The zero-order chi connectivity index (χ0) is 13.2. The van der Waals surface area contributed by atoms with Gasteiger partial charge in [0.15, 0.2) is 5.78 Å². The highest BCUT2D eigenvalue weighted by Crippen LogP contribution is 2.29. The van der Waals surface area contributed by atoms with Gasteiger partial charge in [-0.1, -0.05) is 20.8 Å². The topological polar surface area (TPSA) is 57.5 Å². The molecule has 0 atom stereocenters. The van der Waals surface area contributed by atoms with E-state index in [9.17, 15) is 15.0 Å². The molecule has 0 radical (unpaired) electrons. The van der Waals surface area contributed by atoms with E-state index >= 15 is 0 Å². The van der Waals surface area contributed by atoms with Gasteiger partial charge in [-0.3, -0.25) is 4.79 Å². The highest BCUT2D eigenvalue weighted by molar-refractivity contribution is 5.97. The second-order valence-electron chi connectivity index (χ2n) is 5.62. The molecule has 0 amide bonds. The van der Waals surface area contributed by atoms with Gasteiger partial charge >= 0.3 is 0 Å². The van der Waals surface area contributed by atoms with Crippen LogP contribution in [0.1, 0.15) is 49.5 Å². The van der Waals surface area contributed by atoms with E-state index in [1.807, 2.05) is 0 Å². The molecule has 0 spiro atoms. The lowest BCUT2D eigenvalue weighted by Crippen LogP contribution is -2.09. The molecule has 0 saturated heterocycles. The van der Waals surface area contributed by atoms with Crippen LogP contribution in [0.15, 0.2) is 12.1 Å². The Morgan fingerprint density at radius 1 is 1.18 bits per heavy atom. The van der Waals surface area contributed by atoms with Gasteiger partial charge in [-0.15, -0.1) is 0 Å². The Kier molecular flexibility index (Phi) is 3.81. The monoisotopic (exact) mass is 236 g/mol. The van der Waals surface area contributed by atoms with Crippen molar-refractivity contribution in [3.05, 3.63) is 23.3 Å². The third kappa shape index (κ3) is 3.77. The molecular formula is C14H20O3. The quantitative estimate of drug-likeness (QED) is 0.791. The predicted octanol–water partition coefficient (Wildman–Crippen LogP) is 3.42. The lowest BCUT2D eigenvalue weighted by atomic mass is 9.88. The maximum atomic E-state index is 11.9. The molecule has 0 aliphatic rings. The van der Waals surface area contributed by atoms with Crippen LogP contribution in [0, 0.1) is 12.3 Å². The molecule has 3 heteroatoms. The van der Waals surface area contributed by atoms with Crippen molar-refractivity contribution in [3.8, 4) is 11.5 Å². The molecular weight excluding hydrogens is 216 g/mol. The Hall–Kier alpha value is -1.51. The Balaban J connectivity index is 2.84. The van der Waals surface area contributed by atoms with Crippen LogP contribution >= 0.6 is 0 Å². The number of phenols is 2. The Labute approximate surface area is 102 Å². The third-order valence-corrected chi connectivity index (χ3v) is 2.78. The van der Waals surface area contributed by atoms with Crippen LogP contribution in [0.2, 0.25) is 0 Å². The predicted molar refractivity (Wildman–Crippen MR) is 67.5 cm³/mol. The SMILES string of the molecule is Cc1c(O)cc(C(=O)CCC(C)(C)C)cc1O. The molecule has 0 heterocycles. The number of ketones is 1. The maximum Gasteiger partial charge on any atom is 0.163 e. The number of phenolic OH excluding ortho intramolecular Hbond substituents is 2. The van der Waals surface area contributed by atoms with Crippen molar-refractivity contribution in [1.29, 1.82) is 0 Å². The molecule has 0 saturated carbocycles. The minimum absolute atomic E-state index is 0.0379. The molecule has 0 unspecified atom stereocenters. The summed E-state index contributed by atoms with van der Waals surface area (Å²) < 4.78 is 0. The van der Waals surface area contributed by atoms with Crippen molar-refractivity contribution in [1.82, 2.24) is 0 Å². The number of hydrogen-bond donors (Lipinski definition) is 2. The van der Waals surface area contributed by atoms with E-state index in [-0.39, 0.29) is 22.7 Å². The first-order valence-electron chi connectivity index (χ1n) is 5.76. The van der Waals surface area contributed by atoms with Crippen molar-refractivity contribution < 1.29 is 15.0 Å². The van der Waals surface area contributed by atoms with E-state index < -0.39 is 0 Å². The number of rotatable bonds is 3. The lowest BCUT2D eigenvalue weighted by molar-refractivity contribution is 0.0965. The minimum atomic E-state index is -0.0504. The highest BCUT2D eigenvalue weighted by atomic mass is 16.3. The second kappa shape index (κ2) is 4.78. The van der Waals surface area contributed by atoms with Crippen molar-refractivity contribution in [2.24, 2.45) is 5.41 Å². The van der Waals surface area contributed by atoms with Gasteiger partial charge < -0.3 is 10.2 Å². The Morgan fingerprint density at radius 2 is 1.65 bits per heavy atom. The van der Waals surface area contributed by atoms with Crippen molar-refractivity contribution in [2.75, 3.05) is 0 Å². The fourth-order valence-corrected chi connectivity index (χ4v) is 1.48. The fourth-order valence-electron chi connectivity index (χ4n) is 1.48. The van der Waals surface area contributed by atoms with Crippen molar-refractivity contribution >= 4 is 5.78 Å². The number of aromatic hydroxyl groups is 2. The molecule has 1 aromatic rings. The van der Waals surface area contributed by atoms with Crippen LogP contribution in [0.3, 0.4) is 0 Å². The second-order valence-corrected chi connectivity index (χ2v) is 5.62. The van der Waals surface area contributed by atoms with Gasteiger partial charge in [-0.05, 0) is 30.9 Å². The van der Waals surface area contributed by atoms with Crippen LogP contribution in [0.25, 0.3) is 0 Å². The summed E-state index contributed by atoms with van der Waals surface area (Å²) in [6.07, 6.45) is 1.20. The summed E-state index contributed by atoms with van der Waals surface area (Å²) in [7, 11) is 0. The van der Waals surface area contributed by atoms with Crippen LogP contribution in [0.5, 0.6) is 11.5 Å². The van der Waals surface area contributed by atoms with Gasteiger partial charge in [0.2, 0.25) is 0 Å². The Morgan fingerprint density at radius 3 is 2.06 bits per heavy atom. The number of carbonyl (C=O) groups is 1. The zero-order valence-corrected chi connectivity index (χ0v) is 10.9. The summed E-state index contributed by atoms with van der Waals surface area (Å²) in [6, 6.07) is 2.83. The summed E-state index contributed by atoms with van der Waals surface area (Å²) in [4.78, 5) is 11.9. The number of benzene rings is 1. The van der Waals surface area contributed by atoms with E-state index in [2.05, 4.69) is 20.8 Å². The first-order valence-corrected chi connectivity index (χ1v) is 5.76. The first-order chi connectivity index (χ1) is 7.70. The molecule has 3 nitrogen and oxygen atoms in total. The average Bonchev–Trinajstić information content (AvgIpc) is 2.20.